The minimum Gasteiger partial charge on any atom is -0.456 e. The highest BCUT2D eigenvalue weighted by atomic mass is 16.3. The lowest BCUT2D eigenvalue weighted by molar-refractivity contribution is 0.660. The zero-order valence-corrected chi connectivity index (χ0v) is 42.7. The van der Waals surface area contributed by atoms with Crippen molar-refractivity contribution in [1.82, 2.24) is 19.5 Å². The van der Waals surface area contributed by atoms with E-state index in [2.05, 4.69) is 213 Å². The highest BCUT2D eigenvalue weighted by molar-refractivity contribution is 6.16. The molecule has 4 heterocycles. The van der Waals surface area contributed by atoms with E-state index in [1.165, 1.54) is 33.4 Å². The summed E-state index contributed by atoms with van der Waals surface area (Å²) in [5, 5.41) is 6.44. The zero-order valence-electron chi connectivity index (χ0n) is 42.7. The summed E-state index contributed by atoms with van der Waals surface area (Å²) in [6.07, 6.45) is 0. The van der Waals surface area contributed by atoms with E-state index in [4.69, 9.17) is 23.8 Å². The Hall–Kier alpha value is -10.2. The molecule has 4 aromatic heterocycles. The first-order valence-corrected chi connectivity index (χ1v) is 26.6. The van der Waals surface area contributed by atoms with Gasteiger partial charge in [-0.25, -0.2) is 4.98 Å². The van der Waals surface area contributed by atoms with Crippen LogP contribution in [0.15, 0.2) is 251 Å². The van der Waals surface area contributed by atoms with Crippen LogP contribution in [0.2, 0.25) is 0 Å². The Labute approximate surface area is 449 Å². The average Bonchev–Trinajstić information content (AvgIpc) is 4.35. The summed E-state index contributed by atoms with van der Waals surface area (Å²) in [7, 11) is 0. The molecule has 15 aromatic rings. The fraction of sp³-hybridized carbons (Fsp3) is 0.0417. The van der Waals surface area contributed by atoms with Gasteiger partial charge in [0, 0.05) is 60.0 Å². The summed E-state index contributed by atoms with van der Waals surface area (Å²) in [5.74, 6) is 1.62. The number of aromatic nitrogens is 4. The molecule has 0 bridgehead atoms. The van der Waals surface area contributed by atoms with Crippen molar-refractivity contribution in [3.63, 3.8) is 0 Å². The lowest BCUT2D eigenvalue weighted by Crippen LogP contribution is -2.14. The zero-order chi connectivity index (χ0) is 51.6. The number of nitrogens with zero attached hydrogens (tertiary/aromatic N) is 4. The minimum atomic E-state index is -0.0861. The second kappa shape index (κ2) is 16.9. The van der Waals surface area contributed by atoms with Crippen LogP contribution < -0.4 is 0 Å². The van der Waals surface area contributed by atoms with Crippen molar-refractivity contribution >= 4 is 65.7 Å². The largest absolute Gasteiger partial charge is 0.456 e. The molecule has 0 saturated carbocycles. The van der Waals surface area contributed by atoms with Gasteiger partial charge in [0.1, 0.15) is 22.3 Å². The van der Waals surface area contributed by atoms with E-state index in [9.17, 15) is 0 Å². The number of benzene rings is 11. The molecular formula is C72H46N4O2. The van der Waals surface area contributed by atoms with E-state index in [1.54, 1.807) is 0 Å². The van der Waals surface area contributed by atoms with Crippen molar-refractivity contribution in [2.75, 3.05) is 0 Å². The van der Waals surface area contributed by atoms with Crippen LogP contribution >= 0.6 is 0 Å². The van der Waals surface area contributed by atoms with Gasteiger partial charge in [0.15, 0.2) is 11.6 Å². The lowest BCUT2D eigenvalue weighted by atomic mass is 9.81. The van der Waals surface area contributed by atoms with Gasteiger partial charge in [0.25, 0.3) is 0 Å². The smallest absolute Gasteiger partial charge is 0.238 e. The monoisotopic (exact) mass is 998 g/mol. The summed E-state index contributed by atoms with van der Waals surface area (Å²) >= 11 is 0. The molecule has 0 radical (unpaired) electrons. The Balaban J connectivity index is 0.893. The Morgan fingerprint density at radius 1 is 0.321 bits per heavy atom. The molecule has 6 heteroatoms. The molecule has 1 aliphatic rings. The number of fused-ring (bicyclic) bond motifs is 12. The first kappa shape index (κ1) is 44.2. The first-order valence-electron chi connectivity index (χ1n) is 26.6. The highest BCUT2D eigenvalue weighted by Crippen LogP contribution is 2.50. The maximum Gasteiger partial charge on any atom is 0.238 e. The van der Waals surface area contributed by atoms with Crippen LogP contribution in [-0.2, 0) is 5.41 Å². The SMILES string of the molecule is CC1(C)c2ccccc2-c2ccc(-c3cccc(-c4cccc(-c5cccc6c7cc(-c8cccc9c8oc8ccccc89)ccc7n(-c7nc(-c8ccccc8)nc(-c8ccc9c(c8)oc8ccccc89)n7)c56)c4)c3)cc21. The number of para-hydroxylation sites is 4. The summed E-state index contributed by atoms with van der Waals surface area (Å²) < 4.78 is 15.3. The maximum atomic E-state index is 6.62. The van der Waals surface area contributed by atoms with Crippen LogP contribution in [0.1, 0.15) is 25.0 Å². The third-order valence-corrected chi connectivity index (χ3v) is 16.3. The summed E-state index contributed by atoms with van der Waals surface area (Å²) in [6.45, 7) is 4.69. The number of rotatable bonds is 7. The molecule has 0 spiro atoms. The Bertz CT molecular complexity index is 4960. The molecule has 6 nitrogen and oxygen atoms in total. The van der Waals surface area contributed by atoms with Crippen molar-refractivity contribution < 1.29 is 8.83 Å². The van der Waals surface area contributed by atoms with Crippen LogP contribution in [-0.4, -0.2) is 19.5 Å². The van der Waals surface area contributed by atoms with Gasteiger partial charge >= 0.3 is 0 Å². The van der Waals surface area contributed by atoms with Gasteiger partial charge in [0.05, 0.1) is 11.0 Å². The Morgan fingerprint density at radius 2 is 0.859 bits per heavy atom. The molecule has 0 N–H and O–H groups in total. The predicted molar refractivity (Wildman–Crippen MR) is 319 cm³/mol. The van der Waals surface area contributed by atoms with Gasteiger partial charge in [-0.05, 0) is 110 Å². The molecule has 0 aliphatic heterocycles. The topological polar surface area (TPSA) is 69.9 Å². The first-order chi connectivity index (χ1) is 38.4. The van der Waals surface area contributed by atoms with Crippen molar-refractivity contribution in [1.29, 1.82) is 0 Å². The van der Waals surface area contributed by atoms with E-state index < -0.39 is 0 Å². The molecule has 78 heavy (non-hydrogen) atoms. The van der Waals surface area contributed by atoms with E-state index in [-0.39, 0.29) is 5.41 Å². The van der Waals surface area contributed by atoms with Crippen molar-refractivity contribution in [3.05, 3.63) is 254 Å². The van der Waals surface area contributed by atoms with Gasteiger partial charge < -0.3 is 8.83 Å². The van der Waals surface area contributed by atoms with Crippen LogP contribution in [0.4, 0.5) is 0 Å². The van der Waals surface area contributed by atoms with Crippen LogP contribution in [0.3, 0.4) is 0 Å². The Morgan fingerprint density at radius 3 is 1.67 bits per heavy atom. The fourth-order valence-electron chi connectivity index (χ4n) is 12.5. The summed E-state index contributed by atoms with van der Waals surface area (Å²) in [4.78, 5) is 16.0. The van der Waals surface area contributed by atoms with E-state index in [0.29, 0.717) is 17.6 Å². The van der Waals surface area contributed by atoms with Crippen LogP contribution in [0, 0.1) is 0 Å². The van der Waals surface area contributed by atoms with Crippen molar-refractivity contribution in [2.24, 2.45) is 0 Å². The van der Waals surface area contributed by atoms with Crippen LogP contribution in [0.5, 0.6) is 0 Å². The van der Waals surface area contributed by atoms with E-state index >= 15 is 0 Å². The molecule has 11 aromatic carbocycles. The quantitative estimate of drug-likeness (QED) is 0.159. The van der Waals surface area contributed by atoms with E-state index in [0.717, 1.165) is 110 Å². The van der Waals surface area contributed by atoms with Gasteiger partial charge in [-0.3, -0.25) is 4.57 Å². The molecule has 0 saturated heterocycles. The van der Waals surface area contributed by atoms with Gasteiger partial charge in [-0.2, -0.15) is 9.97 Å². The van der Waals surface area contributed by atoms with Gasteiger partial charge in [-0.1, -0.05) is 202 Å². The molecule has 0 amide bonds. The molecule has 0 atom stereocenters. The molecule has 0 unspecified atom stereocenters. The average molecular weight is 999 g/mol. The van der Waals surface area contributed by atoms with Crippen molar-refractivity contribution in [3.8, 4) is 84.4 Å². The maximum absolute atomic E-state index is 6.62. The molecule has 16 rings (SSSR count). The standard InChI is InChI=1S/C72H46N4O2/c1-72(2)61-29-9-6-22-53(61)54-35-32-47(41-62(54)72)45-19-12-18-44(38-45)46-20-13-21-48(39-46)51-25-14-27-58-60-40-49(52-26-15-28-59-56-24-8-11-31-65(56)78-68(52)59)34-37-63(60)76(67(51)58)71-74-69(43-16-4-3-5-17-43)73-70(75-71)50-33-36-57-55-23-7-10-30-64(55)77-66(57)42-50/h3-42H,1-2H3. The molecule has 0 fully saturated rings. The molecular weight excluding hydrogens is 953 g/mol. The number of furan rings is 2. The second-order valence-electron chi connectivity index (χ2n) is 21.1. The highest BCUT2D eigenvalue weighted by Gasteiger charge is 2.35. The van der Waals surface area contributed by atoms with Crippen LogP contribution in [0.25, 0.3) is 150 Å². The number of hydrogen-bond donors (Lipinski definition) is 0. The van der Waals surface area contributed by atoms with Crippen molar-refractivity contribution in [2.45, 2.75) is 19.3 Å². The fourth-order valence-corrected chi connectivity index (χ4v) is 12.5. The minimum absolute atomic E-state index is 0.0861. The van der Waals surface area contributed by atoms with Gasteiger partial charge in [-0.15, -0.1) is 0 Å². The number of hydrogen-bond acceptors (Lipinski definition) is 5. The predicted octanol–water partition coefficient (Wildman–Crippen LogP) is 19.1. The normalized spacial score (nSPS) is 12.8. The molecule has 1 aliphatic carbocycles. The summed E-state index contributed by atoms with van der Waals surface area (Å²) in [5.41, 5.74) is 21.2. The summed E-state index contributed by atoms with van der Waals surface area (Å²) in [6, 6.07) is 86.3. The lowest BCUT2D eigenvalue weighted by Gasteiger charge is -2.22. The third kappa shape index (κ3) is 6.79. The van der Waals surface area contributed by atoms with E-state index in [1.807, 2.05) is 48.5 Å². The van der Waals surface area contributed by atoms with Gasteiger partial charge in [0.2, 0.25) is 5.95 Å². The Kier molecular flexibility index (Phi) is 9.58. The molecule has 366 valence electrons. The third-order valence-electron chi connectivity index (χ3n) is 16.3. The second-order valence-corrected chi connectivity index (χ2v) is 21.1.